The van der Waals surface area contributed by atoms with E-state index in [-0.39, 0.29) is 6.03 Å². The van der Waals surface area contributed by atoms with Crippen molar-refractivity contribution in [2.75, 3.05) is 6.54 Å². The number of benzene rings is 1. The summed E-state index contributed by atoms with van der Waals surface area (Å²) in [5.41, 5.74) is 0.912. The third-order valence-electron chi connectivity index (χ3n) is 3.09. The summed E-state index contributed by atoms with van der Waals surface area (Å²) >= 11 is 6.02. The van der Waals surface area contributed by atoms with Gasteiger partial charge in [-0.2, -0.15) is 0 Å². The average Bonchev–Trinajstić information content (AvgIpc) is 2.99. The van der Waals surface area contributed by atoms with Crippen LogP contribution in [-0.4, -0.2) is 22.1 Å². The Morgan fingerprint density at radius 1 is 1.24 bits per heavy atom. The van der Waals surface area contributed by atoms with Crippen LogP contribution in [0.25, 0.3) is 0 Å². The van der Waals surface area contributed by atoms with E-state index in [0.717, 1.165) is 24.9 Å². The minimum atomic E-state index is -0.169. The van der Waals surface area contributed by atoms with Gasteiger partial charge in [-0.1, -0.05) is 29.8 Å². The van der Waals surface area contributed by atoms with Crippen LogP contribution in [0.4, 0.5) is 4.79 Å². The Hall–Kier alpha value is -2.01. The average molecular weight is 307 g/mol. The SMILES string of the molecule is O=C(NCCCCn1ccnc1)NCc1ccccc1Cl. The monoisotopic (exact) mass is 306 g/mol. The zero-order chi connectivity index (χ0) is 14.9. The Bertz CT molecular complexity index is 557. The van der Waals surface area contributed by atoms with Crippen molar-refractivity contribution in [1.29, 1.82) is 0 Å². The van der Waals surface area contributed by atoms with Crippen molar-refractivity contribution < 1.29 is 4.79 Å². The normalized spacial score (nSPS) is 10.3. The van der Waals surface area contributed by atoms with Crippen LogP contribution in [0.15, 0.2) is 43.0 Å². The molecule has 1 aromatic carbocycles. The molecule has 0 aliphatic heterocycles. The summed E-state index contributed by atoms with van der Waals surface area (Å²) in [5, 5.41) is 6.29. The van der Waals surface area contributed by atoms with Gasteiger partial charge in [0.2, 0.25) is 0 Å². The second-order valence-electron chi connectivity index (χ2n) is 4.71. The fourth-order valence-electron chi connectivity index (χ4n) is 1.92. The zero-order valence-corrected chi connectivity index (χ0v) is 12.5. The smallest absolute Gasteiger partial charge is 0.315 e. The van der Waals surface area contributed by atoms with E-state index in [1.165, 1.54) is 0 Å². The standard InChI is InChI=1S/C15H19ClN4O/c16-14-6-2-1-5-13(14)11-19-15(21)18-7-3-4-9-20-10-8-17-12-20/h1-2,5-6,8,10,12H,3-4,7,9,11H2,(H2,18,19,21). The lowest BCUT2D eigenvalue weighted by Gasteiger charge is -2.08. The molecule has 0 saturated carbocycles. The Morgan fingerprint density at radius 2 is 2.10 bits per heavy atom. The van der Waals surface area contributed by atoms with E-state index in [4.69, 9.17) is 11.6 Å². The maximum Gasteiger partial charge on any atom is 0.315 e. The number of urea groups is 1. The van der Waals surface area contributed by atoms with Crippen LogP contribution < -0.4 is 10.6 Å². The summed E-state index contributed by atoms with van der Waals surface area (Å²) in [6.07, 6.45) is 7.42. The number of aromatic nitrogens is 2. The summed E-state index contributed by atoms with van der Waals surface area (Å²) in [4.78, 5) is 15.6. The van der Waals surface area contributed by atoms with E-state index in [1.807, 2.05) is 35.0 Å². The number of imidazole rings is 1. The molecule has 0 aliphatic rings. The van der Waals surface area contributed by atoms with Crippen LogP contribution in [-0.2, 0) is 13.1 Å². The summed E-state index contributed by atoms with van der Waals surface area (Å²) in [7, 11) is 0. The fourth-order valence-corrected chi connectivity index (χ4v) is 2.12. The lowest BCUT2D eigenvalue weighted by molar-refractivity contribution is 0.240. The maximum absolute atomic E-state index is 11.6. The van der Waals surface area contributed by atoms with Crippen molar-refractivity contribution in [2.45, 2.75) is 25.9 Å². The quantitative estimate of drug-likeness (QED) is 0.773. The molecule has 21 heavy (non-hydrogen) atoms. The number of carbonyl (C=O) groups is 1. The van der Waals surface area contributed by atoms with E-state index >= 15 is 0 Å². The highest BCUT2D eigenvalue weighted by atomic mass is 35.5. The first-order chi connectivity index (χ1) is 10.3. The third-order valence-corrected chi connectivity index (χ3v) is 3.45. The molecule has 0 radical (unpaired) electrons. The molecule has 112 valence electrons. The molecule has 1 heterocycles. The van der Waals surface area contributed by atoms with Gasteiger partial charge in [0.1, 0.15) is 0 Å². The molecular formula is C15H19ClN4O. The van der Waals surface area contributed by atoms with Crippen molar-refractivity contribution in [3.8, 4) is 0 Å². The molecule has 1 aromatic heterocycles. The van der Waals surface area contributed by atoms with Crippen molar-refractivity contribution >= 4 is 17.6 Å². The van der Waals surface area contributed by atoms with Gasteiger partial charge in [0, 0.05) is 37.1 Å². The molecule has 2 amide bonds. The number of halogens is 1. The Labute approximate surface area is 129 Å². The molecule has 0 saturated heterocycles. The van der Waals surface area contributed by atoms with E-state index < -0.39 is 0 Å². The van der Waals surface area contributed by atoms with Gasteiger partial charge >= 0.3 is 6.03 Å². The predicted molar refractivity (Wildman–Crippen MR) is 83.2 cm³/mol. The second kappa shape index (κ2) is 8.32. The number of hydrogen-bond acceptors (Lipinski definition) is 2. The summed E-state index contributed by atoms with van der Waals surface area (Å²) in [6, 6.07) is 7.31. The number of rotatable bonds is 7. The maximum atomic E-state index is 11.6. The first kappa shape index (κ1) is 15.4. The second-order valence-corrected chi connectivity index (χ2v) is 5.12. The largest absolute Gasteiger partial charge is 0.338 e. The van der Waals surface area contributed by atoms with Gasteiger partial charge in [0.05, 0.1) is 6.33 Å². The van der Waals surface area contributed by atoms with Crippen molar-refractivity contribution in [1.82, 2.24) is 20.2 Å². The van der Waals surface area contributed by atoms with Crippen LogP contribution >= 0.6 is 11.6 Å². The fraction of sp³-hybridized carbons (Fsp3) is 0.333. The molecule has 6 heteroatoms. The Kier molecular flexibility index (Phi) is 6.09. The van der Waals surface area contributed by atoms with Gasteiger partial charge in [-0.3, -0.25) is 0 Å². The lowest BCUT2D eigenvalue weighted by atomic mass is 10.2. The molecule has 0 spiro atoms. The topological polar surface area (TPSA) is 59.0 Å². The molecule has 0 bridgehead atoms. The number of carbonyl (C=O) groups excluding carboxylic acids is 1. The Balaban J connectivity index is 1.56. The molecule has 0 aliphatic carbocycles. The van der Waals surface area contributed by atoms with E-state index in [9.17, 15) is 4.79 Å². The molecule has 0 fully saturated rings. The highest BCUT2D eigenvalue weighted by molar-refractivity contribution is 6.31. The molecule has 2 rings (SSSR count). The van der Waals surface area contributed by atoms with Gasteiger partial charge in [-0.25, -0.2) is 9.78 Å². The summed E-state index contributed by atoms with van der Waals surface area (Å²) in [6.45, 7) is 2.01. The highest BCUT2D eigenvalue weighted by Gasteiger charge is 2.02. The van der Waals surface area contributed by atoms with Crippen LogP contribution in [0, 0.1) is 0 Å². The zero-order valence-electron chi connectivity index (χ0n) is 11.8. The minimum absolute atomic E-state index is 0.169. The number of nitrogens with zero attached hydrogens (tertiary/aromatic N) is 2. The molecule has 0 atom stereocenters. The highest BCUT2D eigenvalue weighted by Crippen LogP contribution is 2.14. The third kappa shape index (κ3) is 5.47. The molecule has 5 nitrogen and oxygen atoms in total. The first-order valence-electron chi connectivity index (χ1n) is 6.96. The van der Waals surface area contributed by atoms with Gasteiger partial charge in [-0.05, 0) is 24.5 Å². The molecule has 2 N–H and O–H groups in total. The van der Waals surface area contributed by atoms with Gasteiger partial charge in [0.25, 0.3) is 0 Å². The van der Waals surface area contributed by atoms with Crippen molar-refractivity contribution in [3.63, 3.8) is 0 Å². The van der Waals surface area contributed by atoms with E-state index in [2.05, 4.69) is 15.6 Å². The Morgan fingerprint density at radius 3 is 2.86 bits per heavy atom. The molecule has 2 aromatic rings. The first-order valence-corrected chi connectivity index (χ1v) is 7.34. The lowest BCUT2D eigenvalue weighted by Crippen LogP contribution is -2.35. The summed E-state index contributed by atoms with van der Waals surface area (Å²) < 4.78 is 2.03. The number of aryl methyl sites for hydroxylation is 1. The van der Waals surface area contributed by atoms with Gasteiger partial charge in [0.15, 0.2) is 0 Å². The van der Waals surface area contributed by atoms with Crippen molar-refractivity contribution in [3.05, 3.63) is 53.6 Å². The van der Waals surface area contributed by atoms with Gasteiger partial charge < -0.3 is 15.2 Å². The number of amides is 2. The van der Waals surface area contributed by atoms with Crippen LogP contribution in [0.3, 0.4) is 0 Å². The molecular weight excluding hydrogens is 288 g/mol. The van der Waals surface area contributed by atoms with Gasteiger partial charge in [-0.15, -0.1) is 0 Å². The molecule has 0 unspecified atom stereocenters. The van der Waals surface area contributed by atoms with Crippen molar-refractivity contribution in [2.24, 2.45) is 0 Å². The van der Waals surface area contributed by atoms with Crippen LogP contribution in [0.5, 0.6) is 0 Å². The van der Waals surface area contributed by atoms with E-state index in [1.54, 1.807) is 12.5 Å². The van der Waals surface area contributed by atoms with Crippen LogP contribution in [0.1, 0.15) is 18.4 Å². The summed E-state index contributed by atoms with van der Waals surface area (Å²) in [5.74, 6) is 0. The number of hydrogen-bond donors (Lipinski definition) is 2. The predicted octanol–water partition coefficient (Wildman–Crippen LogP) is 2.82. The van der Waals surface area contributed by atoms with Crippen LogP contribution in [0.2, 0.25) is 5.02 Å². The number of unbranched alkanes of at least 4 members (excludes halogenated alkanes) is 1. The minimum Gasteiger partial charge on any atom is -0.338 e. The number of nitrogens with one attached hydrogen (secondary N) is 2. The van der Waals surface area contributed by atoms with E-state index in [0.29, 0.717) is 18.1 Å².